The summed E-state index contributed by atoms with van der Waals surface area (Å²) in [6, 6.07) is 9.28. The first-order valence-electron chi connectivity index (χ1n) is 6.21. The van der Waals surface area contributed by atoms with Gasteiger partial charge in [0, 0.05) is 17.7 Å². The van der Waals surface area contributed by atoms with E-state index >= 15 is 0 Å². The van der Waals surface area contributed by atoms with Crippen LogP contribution in [0.5, 0.6) is 5.75 Å². The minimum Gasteiger partial charge on any atom is -0.507 e. The molecular formula is C14H9FN4O3. The van der Waals surface area contributed by atoms with Gasteiger partial charge in [-0.3, -0.25) is 15.2 Å². The standard InChI is InChI=1S/C14H9FN4O3/c15-9-3-1-2-8(6-9)13-16-14(18-17-13)11-7-10(19(21)22)4-5-12(11)20/h1-7,20H,(H,16,17,18). The third-order valence-electron chi connectivity index (χ3n) is 3.01. The van der Waals surface area contributed by atoms with Crippen molar-refractivity contribution in [3.05, 3.63) is 58.4 Å². The molecule has 1 aromatic heterocycles. The maximum atomic E-state index is 13.2. The molecule has 8 heteroatoms. The van der Waals surface area contributed by atoms with Crippen molar-refractivity contribution in [2.24, 2.45) is 0 Å². The fourth-order valence-electron chi connectivity index (χ4n) is 1.97. The second-order valence-electron chi connectivity index (χ2n) is 4.48. The molecule has 22 heavy (non-hydrogen) atoms. The Hall–Kier alpha value is -3.29. The van der Waals surface area contributed by atoms with Crippen LogP contribution in [0.15, 0.2) is 42.5 Å². The number of hydrogen-bond donors (Lipinski definition) is 2. The van der Waals surface area contributed by atoms with Gasteiger partial charge in [-0.2, -0.15) is 5.10 Å². The molecule has 110 valence electrons. The highest BCUT2D eigenvalue weighted by Gasteiger charge is 2.16. The minimum absolute atomic E-state index is 0.143. The zero-order chi connectivity index (χ0) is 15.7. The van der Waals surface area contributed by atoms with Crippen molar-refractivity contribution < 1.29 is 14.4 Å². The number of nitro benzene ring substituents is 1. The summed E-state index contributed by atoms with van der Waals surface area (Å²) >= 11 is 0. The number of hydrogen-bond acceptors (Lipinski definition) is 5. The summed E-state index contributed by atoms with van der Waals surface area (Å²) in [5, 5.41) is 27.1. The molecule has 0 aliphatic rings. The molecule has 0 atom stereocenters. The quantitative estimate of drug-likeness (QED) is 0.571. The van der Waals surface area contributed by atoms with Crippen LogP contribution in [0.3, 0.4) is 0 Å². The van der Waals surface area contributed by atoms with E-state index in [0.717, 1.165) is 0 Å². The molecule has 0 radical (unpaired) electrons. The Balaban J connectivity index is 2.04. The predicted octanol–water partition coefficient (Wildman–Crippen LogP) is 2.89. The van der Waals surface area contributed by atoms with E-state index in [-0.39, 0.29) is 28.6 Å². The number of nitrogens with one attached hydrogen (secondary N) is 1. The van der Waals surface area contributed by atoms with E-state index < -0.39 is 10.7 Å². The van der Waals surface area contributed by atoms with Gasteiger partial charge in [0.1, 0.15) is 11.6 Å². The van der Waals surface area contributed by atoms with Gasteiger partial charge in [0.05, 0.1) is 10.5 Å². The van der Waals surface area contributed by atoms with E-state index in [2.05, 4.69) is 15.2 Å². The molecule has 1 heterocycles. The molecule has 0 bridgehead atoms. The minimum atomic E-state index is -0.577. The van der Waals surface area contributed by atoms with Gasteiger partial charge in [-0.1, -0.05) is 12.1 Å². The maximum absolute atomic E-state index is 13.2. The average Bonchev–Trinajstić information content (AvgIpc) is 2.97. The molecule has 7 nitrogen and oxygen atoms in total. The lowest BCUT2D eigenvalue weighted by Crippen LogP contribution is -1.90. The SMILES string of the molecule is O=[N+]([O-])c1ccc(O)c(-c2nc(-c3cccc(F)c3)n[nH]2)c1. The van der Waals surface area contributed by atoms with Gasteiger partial charge in [-0.15, -0.1) is 0 Å². The number of H-pyrrole nitrogens is 1. The molecule has 0 spiro atoms. The van der Waals surface area contributed by atoms with Crippen LogP contribution in [0, 0.1) is 15.9 Å². The van der Waals surface area contributed by atoms with E-state index in [1.54, 1.807) is 6.07 Å². The summed E-state index contributed by atoms with van der Waals surface area (Å²) in [6.07, 6.45) is 0. The number of nitro groups is 1. The van der Waals surface area contributed by atoms with Crippen LogP contribution in [-0.4, -0.2) is 25.2 Å². The van der Waals surface area contributed by atoms with Gasteiger partial charge < -0.3 is 5.11 Å². The third kappa shape index (κ3) is 2.49. The Bertz CT molecular complexity index is 863. The summed E-state index contributed by atoms with van der Waals surface area (Å²) in [7, 11) is 0. The van der Waals surface area contributed by atoms with E-state index in [4.69, 9.17) is 0 Å². The van der Waals surface area contributed by atoms with Crippen molar-refractivity contribution in [2.75, 3.05) is 0 Å². The number of nitrogens with zero attached hydrogens (tertiary/aromatic N) is 3. The monoisotopic (exact) mass is 300 g/mol. The zero-order valence-electron chi connectivity index (χ0n) is 11.0. The first kappa shape index (κ1) is 13.7. The Morgan fingerprint density at radius 1 is 1.23 bits per heavy atom. The lowest BCUT2D eigenvalue weighted by Gasteiger charge is -2.00. The normalized spacial score (nSPS) is 10.6. The Kier molecular flexibility index (Phi) is 3.26. The molecule has 0 fully saturated rings. The Morgan fingerprint density at radius 2 is 2.05 bits per heavy atom. The first-order valence-corrected chi connectivity index (χ1v) is 6.21. The molecule has 2 N–H and O–H groups in total. The molecule has 0 aliphatic heterocycles. The van der Waals surface area contributed by atoms with Gasteiger partial charge in [-0.25, -0.2) is 9.37 Å². The van der Waals surface area contributed by atoms with Crippen molar-refractivity contribution in [1.82, 2.24) is 15.2 Å². The van der Waals surface area contributed by atoms with Crippen molar-refractivity contribution >= 4 is 5.69 Å². The van der Waals surface area contributed by atoms with Crippen LogP contribution in [0.2, 0.25) is 0 Å². The number of halogens is 1. The van der Waals surface area contributed by atoms with E-state index in [0.29, 0.717) is 5.56 Å². The number of aromatic nitrogens is 3. The lowest BCUT2D eigenvalue weighted by molar-refractivity contribution is -0.384. The highest BCUT2D eigenvalue weighted by molar-refractivity contribution is 5.68. The topological polar surface area (TPSA) is 105 Å². The van der Waals surface area contributed by atoms with Gasteiger partial charge in [0.2, 0.25) is 0 Å². The van der Waals surface area contributed by atoms with Crippen LogP contribution in [0.25, 0.3) is 22.8 Å². The van der Waals surface area contributed by atoms with Crippen LogP contribution >= 0.6 is 0 Å². The molecule has 0 amide bonds. The number of phenols is 1. The zero-order valence-corrected chi connectivity index (χ0v) is 11.0. The largest absolute Gasteiger partial charge is 0.507 e. The van der Waals surface area contributed by atoms with Gasteiger partial charge >= 0.3 is 0 Å². The van der Waals surface area contributed by atoms with E-state index in [9.17, 15) is 19.6 Å². The smallest absolute Gasteiger partial charge is 0.270 e. The number of aromatic amines is 1. The summed E-state index contributed by atoms with van der Waals surface area (Å²) in [5.74, 6) is -0.226. The molecule has 2 aromatic carbocycles. The van der Waals surface area contributed by atoms with Crippen LogP contribution < -0.4 is 0 Å². The van der Waals surface area contributed by atoms with Crippen LogP contribution in [0.1, 0.15) is 0 Å². The maximum Gasteiger partial charge on any atom is 0.270 e. The Morgan fingerprint density at radius 3 is 2.77 bits per heavy atom. The highest BCUT2D eigenvalue weighted by Crippen LogP contribution is 2.31. The Labute approximate surface area is 123 Å². The summed E-state index contributed by atoms with van der Waals surface area (Å²) in [6.45, 7) is 0. The predicted molar refractivity (Wildman–Crippen MR) is 75.5 cm³/mol. The second kappa shape index (κ2) is 5.24. The first-order chi connectivity index (χ1) is 10.5. The number of phenolic OH excluding ortho intramolecular Hbond substituents is 1. The second-order valence-corrected chi connectivity index (χ2v) is 4.48. The van der Waals surface area contributed by atoms with E-state index in [1.807, 2.05) is 0 Å². The fraction of sp³-hybridized carbons (Fsp3) is 0. The molecule has 3 rings (SSSR count). The van der Waals surface area contributed by atoms with Gasteiger partial charge in [0.15, 0.2) is 11.6 Å². The van der Waals surface area contributed by atoms with Crippen LogP contribution in [-0.2, 0) is 0 Å². The molecule has 0 unspecified atom stereocenters. The molecule has 0 saturated carbocycles. The summed E-state index contributed by atoms with van der Waals surface area (Å²) < 4.78 is 13.2. The summed E-state index contributed by atoms with van der Waals surface area (Å²) in [4.78, 5) is 14.4. The van der Waals surface area contributed by atoms with Crippen molar-refractivity contribution in [3.63, 3.8) is 0 Å². The van der Waals surface area contributed by atoms with Crippen molar-refractivity contribution in [3.8, 4) is 28.5 Å². The number of non-ortho nitro benzene ring substituents is 1. The number of rotatable bonds is 3. The lowest BCUT2D eigenvalue weighted by atomic mass is 10.1. The summed E-state index contributed by atoms with van der Waals surface area (Å²) in [5.41, 5.74) is 0.410. The van der Waals surface area contributed by atoms with Gasteiger partial charge in [-0.05, 0) is 18.2 Å². The van der Waals surface area contributed by atoms with Crippen molar-refractivity contribution in [1.29, 1.82) is 0 Å². The van der Waals surface area contributed by atoms with Crippen LogP contribution in [0.4, 0.5) is 10.1 Å². The average molecular weight is 300 g/mol. The molecule has 0 aliphatic carbocycles. The fourth-order valence-corrected chi connectivity index (χ4v) is 1.97. The number of benzene rings is 2. The molecular weight excluding hydrogens is 291 g/mol. The third-order valence-corrected chi connectivity index (χ3v) is 3.01. The van der Waals surface area contributed by atoms with Crippen molar-refractivity contribution in [2.45, 2.75) is 0 Å². The molecule has 0 saturated heterocycles. The molecule has 3 aromatic rings. The number of aromatic hydroxyl groups is 1. The van der Waals surface area contributed by atoms with Gasteiger partial charge in [0.25, 0.3) is 5.69 Å². The highest BCUT2D eigenvalue weighted by atomic mass is 19.1. The van der Waals surface area contributed by atoms with E-state index in [1.165, 1.54) is 36.4 Å².